The maximum absolute atomic E-state index is 11.7. The van der Waals surface area contributed by atoms with E-state index in [1.807, 2.05) is 26.0 Å². The molecule has 2 N–H and O–H groups in total. The largest absolute Gasteiger partial charge is 0.306 e. The van der Waals surface area contributed by atoms with Crippen LogP contribution in [-0.2, 0) is 0 Å². The summed E-state index contributed by atoms with van der Waals surface area (Å²) < 4.78 is 0. The highest BCUT2D eigenvalue weighted by Crippen LogP contribution is 2.17. The van der Waals surface area contributed by atoms with Gasteiger partial charge in [0.15, 0.2) is 0 Å². The summed E-state index contributed by atoms with van der Waals surface area (Å²) in [5.74, 6) is 0.562. The molecule has 15 heavy (non-hydrogen) atoms. The van der Waals surface area contributed by atoms with Crippen molar-refractivity contribution in [3.63, 3.8) is 0 Å². The van der Waals surface area contributed by atoms with Crippen LogP contribution >= 0.6 is 11.3 Å². The van der Waals surface area contributed by atoms with Gasteiger partial charge >= 0.3 is 0 Å². The Kier molecular flexibility index (Phi) is 2.55. The molecule has 1 amide bonds. The number of nitrogens with zero attached hydrogens (tertiary/aromatic N) is 1. The number of nitrogens with one attached hydrogen (secondary N) is 2. The summed E-state index contributed by atoms with van der Waals surface area (Å²) in [7, 11) is 0. The van der Waals surface area contributed by atoms with Gasteiger partial charge in [0.05, 0.1) is 11.1 Å². The van der Waals surface area contributed by atoms with E-state index in [0.29, 0.717) is 10.7 Å². The molecule has 0 radical (unpaired) electrons. The van der Waals surface area contributed by atoms with Crippen LogP contribution in [0.5, 0.6) is 0 Å². The van der Waals surface area contributed by atoms with Crippen molar-refractivity contribution in [3.8, 4) is 0 Å². The highest BCUT2D eigenvalue weighted by Gasteiger charge is 2.10. The molecular formula is C10H11N3OS. The van der Waals surface area contributed by atoms with Crippen LogP contribution in [-0.4, -0.2) is 16.1 Å². The molecule has 5 heteroatoms. The molecule has 0 saturated heterocycles. The van der Waals surface area contributed by atoms with Crippen LogP contribution < -0.4 is 5.32 Å². The lowest BCUT2D eigenvalue weighted by atomic mass is 10.3. The van der Waals surface area contributed by atoms with E-state index in [0.717, 1.165) is 10.4 Å². The normalized spacial score (nSPS) is 10.3. The van der Waals surface area contributed by atoms with Crippen molar-refractivity contribution in [3.05, 3.63) is 33.6 Å². The quantitative estimate of drug-likeness (QED) is 0.817. The lowest BCUT2D eigenvalue weighted by molar-refractivity contribution is 0.103. The second-order valence-corrected chi connectivity index (χ2v) is 4.58. The van der Waals surface area contributed by atoms with Crippen LogP contribution in [0.4, 0.5) is 5.82 Å². The number of amides is 1. The smallest absolute Gasteiger partial charge is 0.266 e. The Hall–Kier alpha value is -1.62. The third-order valence-corrected chi connectivity index (χ3v) is 3.03. The zero-order valence-electron chi connectivity index (χ0n) is 8.50. The van der Waals surface area contributed by atoms with E-state index in [9.17, 15) is 4.79 Å². The van der Waals surface area contributed by atoms with Gasteiger partial charge in [-0.25, -0.2) is 0 Å². The van der Waals surface area contributed by atoms with Gasteiger partial charge in [-0.3, -0.25) is 9.89 Å². The number of anilines is 1. The minimum absolute atomic E-state index is 0.0968. The number of hydrogen-bond donors (Lipinski definition) is 2. The maximum Gasteiger partial charge on any atom is 0.266 e. The summed E-state index contributed by atoms with van der Waals surface area (Å²) in [5, 5.41) is 9.35. The van der Waals surface area contributed by atoms with E-state index in [-0.39, 0.29) is 5.91 Å². The Morgan fingerprint density at radius 1 is 1.47 bits per heavy atom. The first-order valence-electron chi connectivity index (χ1n) is 4.54. The van der Waals surface area contributed by atoms with Crippen LogP contribution in [0.1, 0.15) is 20.1 Å². The van der Waals surface area contributed by atoms with Gasteiger partial charge in [-0.05, 0) is 26.0 Å². The first kappa shape index (κ1) is 9.92. The minimum atomic E-state index is -0.0968. The number of thiophene rings is 1. The average Bonchev–Trinajstić information content (AvgIpc) is 2.77. The standard InChI is InChI=1S/C10H11N3OS/c1-6-5-11-13-9(6)12-10(14)8-4-3-7(2)15-8/h3-5H,1-2H3,(H2,11,12,13,14). The number of aromatic nitrogens is 2. The second kappa shape index (κ2) is 3.86. The lowest BCUT2D eigenvalue weighted by Crippen LogP contribution is -2.11. The third kappa shape index (κ3) is 2.07. The van der Waals surface area contributed by atoms with Gasteiger partial charge in [-0.15, -0.1) is 11.3 Å². The van der Waals surface area contributed by atoms with E-state index in [2.05, 4.69) is 15.5 Å². The van der Waals surface area contributed by atoms with Crippen LogP contribution in [0.2, 0.25) is 0 Å². The molecule has 78 valence electrons. The topological polar surface area (TPSA) is 57.8 Å². The van der Waals surface area contributed by atoms with Crippen molar-refractivity contribution >= 4 is 23.1 Å². The van der Waals surface area contributed by atoms with Gasteiger partial charge in [0, 0.05) is 10.4 Å². The van der Waals surface area contributed by atoms with E-state index in [1.165, 1.54) is 11.3 Å². The molecule has 0 aromatic carbocycles. The summed E-state index contributed by atoms with van der Waals surface area (Å²) in [4.78, 5) is 13.6. The van der Waals surface area contributed by atoms with Gasteiger partial charge < -0.3 is 5.32 Å². The molecule has 0 spiro atoms. The molecule has 0 atom stereocenters. The maximum atomic E-state index is 11.7. The molecule has 2 aromatic heterocycles. The van der Waals surface area contributed by atoms with E-state index in [4.69, 9.17) is 0 Å². The van der Waals surface area contributed by atoms with Crippen LogP contribution in [0.25, 0.3) is 0 Å². The van der Waals surface area contributed by atoms with Crippen molar-refractivity contribution in [1.82, 2.24) is 10.2 Å². The molecule has 0 bridgehead atoms. The molecule has 0 saturated carbocycles. The van der Waals surface area contributed by atoms with Crippen molar-refractivity contribution in [2.75, 3.05) is 5.32 Å². The van der Waals surface area contributed by atoms with Crippen molar-refractivity contribution < 1.29 is 4.79 Å². The Morgan fingerprint density at radius 3 is 2.80 bits per heavy atom. The Labute approximate surface area is 91.3 Å². The van der Waals surface area contributed by atoms with Gasteiger partial charge in [-0.1, -0.05) is 0 Å². The Bertz CT molecular complexity index is 486. The van der Waals surface area contributed by atoms with E-state index < -0.39 is 0 Å². The van der Waals surface area contributed by atoms with Crippen LogP contribution in [0.15, 0.2) is 18.3 Å². The summed E-state index contributed by atoms with van der Waals surface area (Å²) in [6, 6.07) is 3.75. The van der Waals surface area contributed by atoms with Gasteiger partial charge in [-0.2, -0.15) is 5.10 Å². The molecule has 0 aliphatic carbocycles. The number of aromatic amines is 1. The molecule has 0 aliphatic heterocycles. The number of aryl methyl sites for hydroxylation is 2. The fourth-order valence-electron chi connectivity index (χ4n) is 1.20. The predicted octanol–water partition coefficient (Wildman–Crippen LogP) is 2.34. The number of H-pyrrole nitrogens is 1. The SMILES string of the molecule is Cc1ccc(C(=O)Nc2[nH]ncc2C)s1. The number of rotatable bonds is 2. The summed E-state index contributed by atoms with van der Waals surface area (Å²) in [5.41, 5.74) is 0.927. The zero-order valence-corrected chi connectivity index (χ0v) is 9.31. The first-order chi connectivity index (χ1) is 7.16. The Balaban J connectivity index is 2.14. The predicted molar refractivity (Wildman–Crippen MR) is 60.3 cm³/mol. The molecule has 4 nitrogen and oxygen atoms in total. The van der Waals surface area contributed by atoms with Crippen molar-refractivity contribution in [1.29, 1.82) is 0 Å². The monoisotopic (exact) mass is 221 g/mol. The minimum Gasteiger partial charge on any atom is -0.306 e. The highest BCUT2D eigenvalue weighted by atomic mass is 32.1. The summed E-state index contributed by atoms with van der Waals surface area (Å²) in [6.07, 6.45) is 1.68. The highest BCUT2D eigenvalue weighted by molar-refractivity contribution is 7.14. The number of carbonyl (C=O) groups excluding carboxylic acids is 1. The van der Waals surface area contributed by atoms with E-state index >= 15 is 0 Å². The van der Waals surface area contributed by atoms with Gasteiger partial charge in [0.2, 0.25) is 0 Å². The van der Waals surface area contributed by atoms with E-state index in [1.54, 1.807) is 6.20 Å². The van der Waals surface area contributed by atoms with Crippen LogP contribution in [0.3, 0.4) is 0 Å². The average molecular weight is 221 g/mol. The first-order valence-corrected chi connectivity index (χ1v) is 5.36. The fraction of sp³-hybridized carbons (Fsp3) is 0.200. The fourth-order valence-corrected chi connectivity index (χ4v) is 1.97. The molecule has 0 fully saturated rings. The molecule has 2 heterocycles. The van der Waals surface area contributed by atoms with Gasteiger partial charge in [0.25, 0.3) is 5.91 Å². The third-order valence-electron chi connectivity index (χ3n) is 2.03. The summed E-state index contributed by atoms with van der Waals surface area (Å²) in [6.45, 7) is 3.86. The molecular weight excluding hydrogens is 210 g/mol. The number of hydrogen-bond acceptors (Lipinski definition) is 3. The van der Waals surface area contributed by atoms with Gasteiger partial charge in [0.1, 0.15) is 5.82 Å². The summed E-state index contributed by atoms with van der Waals surface area (Å²) >= 11 is 1.48. The molecule has 0 aliphatic rings. The molecule has 2 rings (SSSR count). The second-order valence-electron chi connectivity index (χ2n) is 3.29. The van der Waals surface area contributed by atoms with Crippen molar-refractivity contribution in [2.45, 2.75) is 13.8 Å². The molecule has 2 aromatic rings. The van der Waals surface area contributed by atoms with Crippen LogP contribution in [0, 0.1) is 13.8 Å². The Morgan fingerprint density at radius 2 is 2.27 bits per heavy atom. The zero-order chi connectivity index (χ0) is 10.8. The lowest BCUT2D eigenvalue weighted by Gasteiger charge is -2.00. The van der Waals surface area contributed by atoms with Crippen molar-refractivity contribution in [2.24, 2.45) is 0 Å². The molecule has 0 unspecified atom stereocenters. The number of carbonyl (C=O) groups is 1.